The van der Waals surface area contributed by atoms with Gasteiger partial charge < -0.3 is 9.88 Å². The second-order valence-corrected chi connectivity index (χ2v) is 11.4. The smallest absolute Gasteiger partial charge is 0.253 e. The maximum absolute atomic E-state index is 13.7. The summed E-state index contributed by atoms with van der Waals surface area (Å²) >= 11 is 6.33. The molecule has 0 saturated carbocycles. The molecule has 3 heterocycles. The zero-order valence-corrected chi connectivity index (χ0v) is 23.8. The Morgan fingerprint density at radius 2 is 1.68 bits per heavy atom. The van der Waals surface area contributed by atoms with E-state index in [4.69, 9.17) is 11.6 Å². The maximum Gasteiger partial charge on any atom is 0.253 e. The third-order valence-corrected chi connectivity index (χ3v) is 8.37. The number of hydrogen-bond acceptors (Lipinski definition) is 6. The van der Waals surface area contributed by atoms with E-state index in [1.165, 1.54) is 5.56 Å². The number of rotatable bonds is 6. The lowest BCUT2D eigenvalue weighted by molar-refractivity contribution is 0.186. The van der Waals surface area contributed by atoms with Crippen molar-refractivity contribution in [1.82, 2.24) is 30.1 Å². The third-order valence-electron chi connectivity index (χ3n) is 8.14. The highest BCUT2D eigenvalue weighted by Crippen LogP contribution is 2.33. The molecule has 0 radical (unpaired) electrons. The molecule has 0 aliphatic carbocycles. The van der Waals surface area contributed by atoms with Gasteiger partial charge in [0.15, 0.2) is 5.82 Å². The van der Waals surface area contributed by atoms with Crippen molar-refractivity contribution < 1.29 is 0 Å². The predicted octanol–water partition coefficient (Wildman–Crippen LogP) is 5.15. The molecule has 5 rings (SSSR count). The van der Waals surface area contributed by atoms with Crippen LogP contribution >= 0.6 is 11.6 Å². The van der Waals surface area contributed by atoms with Crippen molar-refractivity contribution in [1.29, 1.82) is 0 Å². The van der Waals surface area contributed by atoms with Crippen LogP contribution in [0.3, 0.4) is 0 Å². The maximum atomic E-state index is 13.7. The quantitative estimate of drug-likeness (QED) is 0.369. The van der Waals surface area contributed by atoms with Crippen LogP contribution in [0.5, 0.6) is 0 Å². The molecule has 200 valence electrons. The Labute approximate surface area is 228 Å². The van der Waals surface area contributed by atoms with Crippen molar-refractivity contribution in [3.05, 3.63) is 79.9 Å². The van der Waals surface area contributed by atoms with Crippen LogP contribution in [0.4, 0.5) is 5.69 Å². The van der Waals surface area contributed by atoms with Crippen LogP contribution < -0.4 is 10.5 Å². The summed E-state index contributed by atoms with van der Waals surface area (Å²) in [4.78, 5) is 21.6. The number of halogens is 1. The lowest BCUT2D eigenvalue weighted by atomic mass is 9.97. The van der Waals surface area contributed by atoms with E-state index >= 15 is 0 Å². The number of nitrogens with one attached hydrogen (secondary N) is 1. The zero-order chi connectivity index (χ0) is 27.2. The largest absolute Gasteiger partial charge is 0.369 e. The highest BCUT2D eigenvalue weighted by Gasteiger charge is 2.36. The van der Waals surface area contributed by atoms with Crippen molar-refractivity contribution in [2.24, 2.45) is 0 Å². The van der Waals surface area contributed by atoms with Crippen LogP contribution in [0.2, 0.25) is 5.02 Å². The van der Waals surface area contributed by atoms with Crippen molar-refractivity contribution in [2.45, 2.75) is 59.5 Å². The van der Waals surface area contributed by atoms with Gasteiger partial charge in [-0.25, -0.2) is 4.68 Å². The van der Waals surface area contributed by atoms with Gasteiger partial charge in [-0.2, -0.15) is 0 Å². The minimum Gasteiger partial charge on any atom is -0.369 e. The number of hydrogen-bond donors (Lipinski definition) is 1. The summed E-state index contributed by atoms with van der Waals surface area (Å²) in [5.74, 6) is 0.694. The number of aromatic nitrogens is 5. The predicted molar refractivity (Wildman–Crippen MR) is 153 cm³/mol. The minimum atomic E-state index is -0.383. The molecule has 9 heteroatoms. The van der Waals surface area contributed by atoms with Crippen LogP contribution in [0.25, 0.3) is 10.9 Å². The van der Waals surface area contributed by atoms with Gasteiger partial charge in [0, 0.05) is 47.8 Å². The minimum absolute atomic E-state index is 0.104. The molecule has 0 spiro atoms. The number of aryl methyl sites for hydroxylation is 3. The van der Waals surface area contributed by atoms with Gasteiger partial charge in [0.05, 0.1) is 11.1 Å². The fraction of sp³-hybridized carbons (Fsp3) is 0.448. The SMILES string of the molecule is CCC(C)(C)n1nnnc1[C@H](c1cc2c(C)ccc(C)c2[nH]c1=O)N1CCN(c2cc(Cl)ccc2C)CC1. The summed E-state index contributed by atoms with van der Waals surface area (Å²) in [5.41, 5.74) is 5.67. The monoisotopic (exact) mass is 533 g/mol. The highest BCUT2D eigenvalue weighted by molar-refractivity contribution is 6.30. The average molecular weight is 534 g/mol. The molecule has 0 unspecified atom stereocenters. The first-order valence-corrected chi connectivity index (χ1v) is 13.7. The van der Waals surface area contributed by atoms with E-state index in [9.17, 15) is 4.79 Å². The number of piperazine rings is 1. The van der Waals surface area contributed by atoms with Gasteiger partial charge in [-0.15, -0.1) is 5.10 Å². The fourth-order valence-corrected chi connectivity index (χ4v) is 5.55. The molecule has 2 aromatic carbocycles. The Morgan fingerprint density at radius 1 is 1.00 bits per heavy atom. The number of aromatic amines is 1. The second-order valence-electron chi connectivity index (χ2n) is 11.0. The van der Waals surface area contributed by atoms with E-state index in [0.29, 0.717) is 11.4 Å². The van der Waals surface area contributed by atoms with E-state index in [-0.39, 0.29) is 17.1 Å². The molecule has 2 aromatic heterocycles. The first kappa shape index (κ1) is 26.4. The van der Waals surface area contributed by atoms with Gasteiger partial charge in [-0.05, 0) is 86.4 Å². The molecule has 1 aliphatic rings. The van der Waals surface area contributed by atoms with Gasteiger partial charge in [0.1, 0.15) is 6.04 Å². The average Bonchev–Trinajstić information content (AvgIpc) is 3.39. The van der Waals surface area contributed by atoms with E-state index in [1.54, 1.807) is 0 Å². The molecule has 1 aliphatic heterocycles. The van der Waals surface area contributed by atoms with Crippen molar-refractivity contribution in [2.75, 3.05) is 31.1 Å². The molecule has 1 N–H and O–H groups in total. The third kappa shape index (κ3) is 4.71. The molecule has 1 fully saturated rings. The summed E-state index contributed by atoms with van der Waals surface area (Å²) in [6.07, 6.45) is 0.853. The van der Waals surface area contributed by atoms with Crippen LogP contribution in [-0.2, 0) is 5.54 Å². The van der Waals surface area contributed by atoms with Crippen molar-refractivity contribution >= 4 is 28.2 Å². The Bertz CT molecular complexity index is 1530. The lowest BCUT2D eigenvalue weighted by Gasteiger charge is -2.40. The Hall–Kier alpha value is -3.23. The summed E-state index contributed by atoms with van der Waals surface area (Å²) in [7, 11) is 0. The van der Waals surface area contributed by atoms with E-state index in [1.807, 2.05) is 35.9 Å². The fourth-order valence-electron chi connectivity index (χ4n) is 5.38. The standard InChI is InChI=1S/C29H36ClN7O/c1-7-29(5,6)37-27(32-33-34-37)26(23-17-22-18(2)8-9-20(4)25(22)31-28(23)38)36-14-12-35(13-15-36)24-16-21(30)11-10-19(24)3/h8-11,16-17,26H,7,12-15H2,1-6H3,(H,31,38)/t26-/m0/s1. The van der Waals surface area contributed by atoms with Gasteiger partial charge >= 0.3 is 0 Å². The van der Waals surface area contributed by atoms with E-state index < -0.39 is 0 Å². The Kier molecular flexibility index (Phi) is 7.05. The lowest BCUT2D eigenvalue weighted by Crippen LogP contribution is -2.49. The molecular formula is C29H36ClN7O. The molecular weight excluding hydrogens is 498 g/mol. The van der Waals surface area contributed by atoms with Crippen LogP contribution in [0.1, 0.15) is 61.3 Å². The van der Waals surface area contributed by atoms with Gasteiger partial charge in [-0.3, -0.25) is 9.69 Å². The molecule has 4 aromatic rings. The van der Waals surface area contributed by atoms with Gasteiger partial charge in [-0.1, -0.05) is 36.7 Å². The van der Waals surface area contributed by atoms with E-state index in [0.717, 1.165) is 65.3 Å². The number of H-pyrrole nitrogens is 1. The first-order valence-electron chi connectivity index (χ1n) is 13.3. The summed E-state index contributed by atoms with van der Waals surface area (Å²) < 4.78 is 1.90. The number of nitrogens with zero attached hydrogens (tertiary/aromatic N) is 6. The molecule has 1 atom stereocenters. The number of benzene rings is 2. The van der Waals surface area contributed by atoms with Crippen LogP contribution in [0.15, 0.2) is 41.2 Å². The first-order chi connectivity index (χ1) is 18.1. The molecule has 1 saturated heterocycles. The number of anilines is 1. The zero-order valence-electron chi connectivity index (χ0n) is 23.0. The van der Waals surface area contributed by atoms with Crippen molar-refractivity contribution in [3.63, 3.8) is 0 Å². The normalized spacial score (nSPS) is 15.8. The van der Waals surface area contributed by atoms with Crippen LogP contribution in [-0.4, -0.2) is 56.3 Å². The van der Waals surface area contributed by atoms with Crippen LogP contribution in [0, 0.1) is 20.8 Å². The number of tetrazole rings is 1. The molecule has 38 heavy (non-hydrogen) atoms. The Balaban J connectivity index is 1.60. The van der Waals surface area contributed by atoms with Crippen molar-refractivity contribution in [3.8, 4) is 0 Å². The highest BCUT2D eigenvalue weighted by atomic mass is 35.5. The number of pyridine rings is 1. The molecule has 0 amide bonds. The van der Waals surface area contributed by atoms with Gasteiger partial charge in [0.25, 0.3) is 5.56 Å². The molecule has 0 bridgehead atoms. The van der Waals surface area contributed by atoms with Gasteiger partial charge in [0.2, 0.25) is 0 Å². The Morgan fingerprint density at radius 3 is 2.39 bits per heavy atom. The van der Waals surface area contributed by atoms with E-state index in [2.05, 4.69) is 77.1 Å². The summed E-state index contributed by atoms with van der Waals surface area (Å²) in [6.45, 7) is 15.7. The second kappa shape index (κ2) is 10.2. The number of fused-ring (bicyclic) bond motifs is 1. The summed E-state index contributed by atoms with van der Waals surface area (Å²) in [6, 6.07) is 11.8. The molecule has 8 nitrogen and oxygen atoms in total. The topological polar surface area (TPSA) is 82.9 Å². The summed E-state index contributed by atoms with van der Waals surface area (Å²) in [5, 5.41) is 14.8.